The third-order valence-corrected chi connectivity index (χ3v) is 20.7. The Kier molecular flexibility index (Phi) is 49.1. The molecule has 10 heteroatoms. The Bertz CT molecular complexity index is 4420. The average Bonchev–Trinajstić information content (AvgIpc) is 0.832. The van der Waals surface area contributed by atoms with E-state index in [2.05, 4.69) is 166 Å². The summed E-state index contributed by atoms with van der Waals surface area (Å²) < 4.78 is 0. The molecule has 0 unspecified atom stereocenters. The van der Waals surface area contributed by atoms with E-state index < -0.39 is 15.8 Å². The monoisotopic (exact) mass is 1840 g/mol. The van der Waals surface area contributed by atoms with Gasteiger partial charge in [0.1, 0.15) is 47.7 Å². The number of nitrogens with zero attached hydrogens (tertiary/aromatic N) is 4. The summed E-state index contributed by atoms with van der Waals surface area (Å²) in [5.41, 5.74) is 8.10. The van der Waals surface area contributed by atoms with Crippen LogP contribution in [0.4, 0.5) is 0 Å². The number of para-hydroxylation sites is 2. The maximum Gasteiger partial charge on any atom is 0.158 e. The molecule has 566 valence electrons. The fourth-order valence-electron chi connectivity index (χ4n) is 10.6. The maximum absolute atomic E-state index is 10.2. The normalized spacial score (nSPS) is 9.36. The molecule has 0 aliphatic heterocycles. The molecule has 0 aliphatic rings. The summed E-state index contributed by atoms with van der Waals surface area (Å²) in [7, 11) is -2.31. The molecule has 16 rings (SSSR count). The molecule has 2 N–H and O–H groups in total. The molecule has 0 amide bonds. The van der Waals surface area contributed by atoms with E-state index in [1.807, 2.05) is 326 Å². The number of pyridine rings is 4. The number of benzene rings is 12. The number of hydrogen-bond donors (Lipinski definition) is 2. The van der Waals surface area contributed by atoms with Crippen LogP contribution in [0.15, 0.2) is 389 Å². The summed E-state index contributed by atoms with van der Waals surface area (Å²) in [5.74, 6) is 0.767. The van der Waals surface area contributed by atoms with Gasteiger partial charge in [-0.15, -0.1) is 144 Å². The zero-order valence-electron chi connectivity index (χ0n) is 65.3. The summed E-state index contributed by atoms with van der Waals surface area (Å²) in [6, 6.07) is 134. The van der Waals surface area contributed by atoms with Crippen LogP contribution in [0.1, 0.15) is 83.1 Å². The van der Waals surface area contributed by atoms with Gasteiger partial charge in [-0.2, -0.15) is 0 Å². The first kappa shape index (κ1) is 93.7. The Balaban J connectivity index is 0.000000334. The van der Waals surface area contributed by atoms with Crippen molar-refractivity contribution in [3.8, 4) is 56.5 Å². The Morgan fingerprint density at radius 2 is 0.482 bits per heavy atom. The summed E-state index contributed by atoms with van der Waals surface area (Å²) in [6.07, 6.45) is 7.27. The van der Waals surface area contributed by atoms with E-state index >= 15 is 0 Å². The van der Waals surface area contributed by atoms with Crippen molar-refractivity contribution in [2.75, 3.05) is 0 Å². The quantitative estimate of drug-likeness (QED) is 0.105. The van der Waals surface area contributed by atoms with Gasteiger partial charge in [0, 0.05) is 65.0 Å². The second-order valence-corrected chi connectivity index (χ2v) is 26.4. The van der Waals surface area contributed by atoms with Crippen molar-refractivity contribution in [2.45, 2.75) is 83.1 Å². The van der Waals surface area contributed by atoms with Crippen molar-refractivity contribution >= 4 is 69.2 Å². The fraction of sp³-hybridized carbons (Fsp3) is 0.120. The molecule has 6 nitrogen and oxygen atoms in total. The van der Waals surface area contributed by atoms with Crippen LogP contribution in [0.3, 0.4) is 0 Å². The second-order valence-electron chi connectivity index (χ2n) is 21.5. The van der Waals surface area contributed by atoms with Crippen LogP contribution in [0.25, 0.3) is 66.6 Å². The summed E-state index contributed by atoms with van der Waals surface area (Å²) in [4.78, 5) is 17.3. The second kappa shape index (κ2) is 57.6. The molecule has 110 heavy (non-hydrogen) atoms. The van der Waals surface area contributed by atoms with Gasteiger partial charge in [0.2, 0.25) is 0 Å². The zero-order valence-corrected chi connectivity index (χ0v) is 72.1. The summed E-state index contributed by atoms with van der Waals surface area (Å²) >= 11 is 0. The van der Waals surface area contributed by atoms with Crippen LogP contribution >= 0.6 is 15.8 Å². The smallest absolute Gasteiger partial charge is 0.158 e. The Labute approximate surface area is 686 Å². The van der Waals surface area contributed by atoms with Crippen molar-refractivity contribution < 1.29 is 50.4 Å². The Morgan fingerprint density at radius 3 is 0.755 bits per heavy atom. The van der Waals surface area contributed by atoms with Gasteiger partial charge in [-0.05, 0) is 141 Å². The first-order chi connectivity index (χ1) is 53.6. The first-order valence-electron chi connectivity index (χ1n) is 37.5. The van der Waals surface area contributed by atoms with Crippen molar-refractivity contribution in [1.82, 2.24) is 19.9 Å². The minimum Gasteiger partial charge on any atom is -0.504 e. The topological polar surface area (TPSA) is 92.0 Å². The van der Waals surface area contributed by atoms with E-state index in [0.717, 1.165) is 55.6 Å². The molecule has 4 heterocycles. The molecule has 0 saturated carbocycles. The van der Waals surface area contributed by atoms with Gasteiger partial charge >= 0.3 is 0 Å². The van der Waals surface area contributed by atoms with Gasteiger partial charge in [-0.25, -0.2) is 0 Å². The van der Waals surface area contributed by atoms with Gasteiger partial charge in [0.25, 0.3) is 0 Å². The minimum absolute atomic E-state index is 0. The average molecular weight is 1840 g/mol. The van der Waals surface area contributed by atoms with E-state index in [1.165, 1.54) is 42.8 Å². The minimum atomic E-state index is -1.16. The zero-order chi connectivity index (χ0) is 77.6. The predicted octanol–water partition coefficient (Wildman–Crippen LogP) is 24.4. The van der Waals surface area contributed by atoms with Crippen molar-refractivity contribution in [2.24, 2.45) is 0 Å². The van der Waals surface area contributed by atoms with E-state index in [0.29, 0.717) is 11.5 Å². The number of fused-ring (bicyclic) bond motifs is 2. The van der Waals surface area contributed by atoms with Crippen LogP contribution in [0, 0.1) is 24.3 Å². The van der Waals surface area contributed by atoms with E-state index in [4.69, 9.17) is 0 Å². The molecule has 12 aromatic carbocycles. The summed E-state index contributed by atoms with van der Waals surface area (Å²) in [5, 5.41) is 32.4. The number of hydrogen-bond acceptors (Lipinski definition) is 6. The number of aromatic hydroxyl groups is 2. The molecule has 0 saturated heterocycles. The van der Waals surface area contributed by atoms with Gasteiger partial charge in [-0.1, -0.05) is 253 Å². The van der Waals surface area contributed by atoms with Crippen LogP contribution in [0.2, 0.25) is 0 Å². The van der Waals surface area contributed by atoms with Crippen molar-refractivity contribution in [1.29, 1.82) is 0 Å². The number of phenols is 2. The fourth-order valence-corrected chi connectivity index (χ4v) is 15.9. The third kappa shape index (κ3) is 30.2. The molecule has 0 bridgehead atoms. The molecular formula is C100H104Ir2N4O2P2-2. The van der Waals surface area contributed by atoms with Crippen LogP contribution in [-0.4, -0.2) is 30.1 Å². The van der Waals surface area contributed by atoms with Gasteiger partial charge in [0.15, 0.2) is 11.5 Å². The Hall–Kier alpha value is -10.5. The molecule has 0 spiro atoms. The molecule has 0 aliphatic carbocycles. The third-order valence-electron chi connectivity index (χ3n) is 15.2. The maximum atomic E-state index is 10.2. The molecule has 4 aromatic heterocycles. The summed E-state index contributed by atoms with van der Waals surface area (Å²) in [6.45, 7) is 24.0. The van der Waals surface area contributed by atoms with Crippen LogP contribution in [0.5, 0.6) is 11.5 Å². The number of phenolic OH excluding ortho intramolecular Hbond substituents is 2. The van der Waals surface area contributed by atoms with Gasteiger partial charge in [0.05, 0.1) is 0 Å². The van der Waals surface area contributed by atoms with E-state index in [1.54, 1.807) is 24.5 Å². The first-order valence-corrected chi connectivity index (χ1v) is 40.5. The number of rotatable bonds is 10. The molecule has 16 aromatic rings. The van der Waals surface area contributed by atoms with Crippen molar-refractivity contribution in [3.63, 3.8) is 0 Å². The van der Waals surface area contributed by atoms with Gasteiger partial charge < -0.3 is 30.1 Å². The van der Waals surface area contributed by atoms with Crippen LogP contribution in [-0.2, 0) is 40.2 Å². The molecular weight excluding hydrogens is 1740 g/mol. The van der Waals surface area contributed by atoms with Crippen LogP contribution < -0.4 is 31.8 Å². The molecule has 2 radical (unpaired) electrons. The SMILES string of the molecule is CC.CC.CC.CC.CC.CC.Oc1ccccc1[PH+](c1ccccc1)c1ccccc1.Oc1ccccc1[PH+](c1ccccc1)c1ccccc1.[Ir].[Ir].[c-]1ccccc1-c1ccccn1.[c-]1ccccc1-c1ccccn1.[c-]1ccccc1-c1nccc2ccccc12.[c-]1ccccc1-c1nccc2ccccc12. The molecule has 0 atom stereocenters. The molecule has 0 fully saturated rings. The Morgan fingerprint density at radius 1 is 0.227 bits per heavy atom. The number of aromatic nitrogens is 4. The van der Waals surface area contributed by atoms with Gasteiger partial charge in [-0.3, -0.25) is 0 Å². The van der Waals surface area contributed by atoms with Crippen molar-refractivity contribution in [3.05, 3.63) is 413 Å². The van der Waals surface area contributed by atoms with E-state index in [9.17, 15) is 10.2 Å². The standard InChI is InChI=1S/2C18H15OP.2C15H10N.2C11H8N.6C2H6.2Ir/c2*19-17-13-7-8-14-18(17)20(15-9-3-1-4-10-15)16-11-5-2-6-12-16;2*1-2-7-13(8-3-1)15-14-9-5-4-6-12(14)10-11-16-15;2*1-2-6-10(7-3-1)11-8-4-5-9-12-11;6*1-2;;/h2*1-14,19H;2*1-7,9-11H;2*1-6,8-9H;6*1-2H3;;/q;;4*-1;;;;;;;;/p+2. The van der Waals surface area contributed by atoms with E-state index in [-0.39, 0.29) is 40.2 Å². The largest absolute Gasteiger partial charge is 0.504 e. The predicted molar refractivity (Wildman–Crippen MR) is 474 cm³/mol.